The molecule has 0 aliphatic carbocycles. The van der Waals surface area contributed by atoms with E-state index in [1.807, 2.05) is 0 Å². The Hall–Kier alpha value is -2.60. The molecule has 1 aromatic carbocycles. The average Bonchev–Trinajstić information content (AvgIpc) is 3.13. The number of halogens is 3. The first-order valence-electron chi connectivity index (χ1n) is 8.69. The van der Waals surface area contributed by atoms with Crippen LogP contribution < -0.4 is 10.6 Å². The zero-order valence-electron chi connectivity index (χ0n) is 16.0. The van der Waals surface area contributed by atoms with E-state index in [0.717, 1.165) is 17.8 Å². The summed E-state index contributed by atoms with van der Waals surface area (Å²) in [6.45, 7) is 3.08. The van der Waals surface area contributed by atoms with Crippen molar-refractivity contribution in [2.24, 2.45) is 0 Å². The van der Waals surface area contributed by atoms with Gasteiger partial charge in [0.15, 0.2) is 21.8 Å². The maximum atomic E-state index is 13.6. The first kappa shape index (κ1) is 23.7. The van der Waals surface area contributed by atoms with Crippen molar-refractivity contribution in [2.75, 3.05) is 18.5 Å². The van der Waals surface area contributed by atoms with E-state index < -0.39 is 52.7 Å². The average molecular weight is 461 g/mol. The van der Waals surface area contributed by atoms with Crippen molar-refractivity contribution < 1.29 is 32.3 Å². The zero-order valence-corrected chi connectivity index (χ0v) is 17.6. The van der Waals surface area contributed by atoms with Gasteiger partial charge < -0.3 is 15.4 Å². The minimum absolute atomic E-state index is 0.0339. The Morgan fingerprint density at radius 1 is 1.23 bits per heavy atom. The molecular weight excluding hydrogens is 443 g/mol. The molecule has 0 aliphatic rings. The minimum Gasteiger partial charge on any atom is -0.466 e. The summed E-state index contributed by atoms with van der Waals surface area (Å²) < 4.78 is 45.0. The number of nitrogens with zero attached hydrogens (tertiary/aromatic N) is 1. The van der Waals surface area contributed by atoms with Gasteiger partial charge in [0.05, 0.1) is 36.2 Å². The van der Waals surface area contributed by atoms with Crippen LogP contribution in [0.1, 0.15) is 19.5 Å². The molecule has 0 radical (unpaired) electrons. The summed E-state index contributed by atoms with van der Waals surface area (Å²) in [6.07, 6.45) is 0.0339. The lowest BCUT2D eigenvalue weighted by Crippen LogP contribution is -2.37. The Labute approximate surface area is 178 Å². The SMILES string of the molecule is CCOC(=O)Cc1csc(S[C@H](C)C(=O)NCC(=O)Nc2ccc(F)c(F)c2F)n1. The standard InChI is InChI=1S/C18H18F3N3O4S2/c1-3-28-14(26)6-10-8-29-18(23-10)30-9(2)17(27)22-7-13(25)24-12-5-4-11(19)15(20)16(12)21/h4-5,8-9H,3,6-7H2,1-2H3,(H,22,27)(H,24,25)/t9-/m1/s1. The van der Waals surface area contributed by atoms with Gasteiger partial charge in [-0.05, 0) is 26.0 Å². The van der Waals surface area contributed by atoms with Crippen LogP contribution in [-0.2, 0) is 25.5 Å². The number of thioether (sulfide) groups is 1. The van der Waals surface area contributed by atoms with Crippen molar-refractivity contribution in [1.29, 1.82) is 0 Å². The van der Waals surface area contributed by atoms with Crippen molar-refractivity contribution in [1.82, 2.24) is 10.3 Å². The van der Waals surface area contributed by atoms with Gasteiger partial charge in [0.2, 0.25) is 11.8 Å². The van der Waals surface area contributed by atoms with Gasteiger partial charge in [-0.25, -0.2) is 18.2 Å². The summed E-state index contributed by atoms with van der Waals surface area (Å²) in [6, 6.07) is 1.55. The van der Waals surface area contributed by atoms with Crippen molar-refractivity contribution in [3.8, 4) is 0 Å². The molecule has 12 heteroatoms. The largest absolute Gasteiger partial charge is 0.466 e. The molecule has 2 N–H and O–H groups in total. The third-order valence-electron chi connectivity index (χ3n) is 3.54. The molecule has 7 nitrogen and oxygen atoms in total. The van der Waals surface area contributed by atoms with Crippen molar-refractivity contribution >= 4 is 46.6 Å². The molecule has 0 bridgehead atoms. The highest BCUT2D eigenvalue weighted by atomic mass is 32.2. The topological polar surface area (TPSA) is 97.4 Å². The van der Waals surface area contributed by atoms with Crippen LogP contribution in [0.5, 0.6) is 0 Å². The quantitative estimate of drug-likeness (QED) is 0.339. The molecule has 2 rings (SSSR count). The van der Waals surface area contributed by atoms with Crippen LogP contribution in [0.4, 0.5) is 18.9 Å². The molecule has 162 valence electrons. The van der Waals surface area contributed by atoms with Gasteiger partial charge >= 0.3 is 5.97 Å². The second kappa shape index (κ2) is 11.0. The van der Waals surface area contributed by atoms with Crippen LogP contribution in [0, 0.1) is 17.5 Å². The summed E-state index contributed by atoms with van der Waals surface area (Å²) >= 11 is 2.40. The Bertz CT molecular complexity index is 939. The molecule has 1 heterocycles. The van der Waals surface area contributed by atoms with Crippen LogP contribution in [-0.4, -0.2) is 41.2 Å². The van der Waals surface area contributed by atoms with E-state index in [4.69, 9.17) is 4.74 Å². The summed E-state index contributed by atoms with van der Waals surface area (Å²) in [5, 5.41) is 5.50. The summed E-state index contributed by atoms with van der Waals surface area (Å²) in [5.41, 5.74) is -0.00557. The van der Waals surface area contributed by atoms with Crippen LogP contribution in [0.25, 0.3) is 0 Å². The molecule has 0 spiro atoms. The maximum Gasteiger partial charge on any atom is 0.311 e. The highest BCUT2D eigenvalue weighted by Crippen LogP contribution is 2.27. The minimum atomic E-state index is -1.70. The number of nitrogens with one attached hydrogen (secondary N) is 2. The lowest BCUT2D eigenvalue weighted by Gasteiger charge is -2.11. The van der Waals surface area contributed by atoms with Crippen LogP contribution in [0.15, 0.2) is 21.9 Å². The lowest BCUT2D eigenvalue weighted by atomic mass is 10.2. The van der Waals surface area contributed by atoms with Gasteiger partial charge in [-0.1, -0.05) is 11.8 Å². The number of rotatable bonds is 9. The number of thiazole rings is 1. The molecule has 0 unspecified atom stereocenters. The Morgan fingerprint density at radius 3 is 2.67 bits per heavy atom. The van der Waals surface area contributed by atoms with E-state index in [0.29, 0.717) is 16.1 Å². The van der Waals surface area contributed by atoms with Gasteiger partial charge in [-0.3, -0.25) is 14.4 Å². The summed E-state index contributed by atoms with van der Waals surface area (Å²) in [5.74, 6) is -6.29. The predicted molar refractivity (Wildman–Crippen MR) is 106 cm³/mol. The second-order valence-corrected chi connectivity index (χ2v) is 8.28. The molecule has 1 atom stereocenters. The molecule has 1 aromatic heterocycles. The van der Waals surface area contributed by atoms with Gasteiger partial charge in [0.1, 0.15) is 0 Å². The van der Waals surface area contributed by atoms with Crippen molar-refractivity contribution in [3.63, 3.8) is 0 Å². The molecule has 2 aromatic rings. The van der Waals surface area contributed by atoms with Crippen LogP contribution >= 0.6 is 23.1 Å². The van der Waals surface area contributed by atoms with E-state index in [1.165, 1.54) is 11.3 Å². The van der Waals surface area contributed by atoms with Gasteiger partial charge in [0.25, 0.3) is 0 Å². The normalized spacial score (nSPS) is 11.6. The number of carbonyl (C=O) groups excluding carboxylic acids is 3. The molecular formula is C18H18F3N3O4S2. The Morgan fingerprint density at radius 2 is 1.97 bits per heavy atom. The first-order chi connectivity index (χ1) is 14.2. The molecule has 0 aliphatic heterocycles. The monoisotopic (exact) mass is 461 g/mol. The second-order valence-electron chi connectivity index (χ2n) is 5.84. The van der Waals surface area contributed by atoms with E-state index in [9.17, 15) is 27.6 Å². The first-order valence-corrected chi connectivity index (χ1v) is 10.4. The number of anilines is 1. The van der Waals surface area contributed by atoms with E-state index >= 15 is 0 Å². The highest BCUT2D eigenvalue weighted by molar-refractivity contribution is 8.02. The number of hydrogen-bond donors (Lipinski definition) is 2. The fourth-order valence-corrected chi connectivity index (χ4v) is 4.12. The lowest BCUT2D eigenvalue weighted by molar-refractivity contribution is -0.142. The third kappa shape index (κ3) is 6.73. The predicted octanol–water partition coefficient (Wildman–Crippen LogP) is 2.90. The van der Waals surface area contributed by atoms with Gasteiger partial charge in [0, 0.05) is 5.38 Å². The van der Waals surface area contributed by atoms with Gasteiger partial charge in [-0.15, -0.1) is 11.3 Å². The number of esters is 1. The van der Waals surface area contributed by atoms with Crippen molar-refractivity contribution in [2.45, 2.75) is 29.9 Å². The molecule has 0 saturated heterocycles. The maximum absolute atomic E-state index is 13.6. The zero-order chi connectivity index (χ0) is 22.3. The van der Waals surface area contributed by atoms with E-state index in [1.54, 1.807) is 19.2 Å². The molecule has 0 saturated carbocycles. The number of benzene rings is 1. The Balaban J connectivity index is 1.82. The van der Waals surface area contributed by atoms with Crippen LogP contribution in [0.3, 0.4) is 0 Å². The van der Waals surface area contributed by atoms with Gasteiger partial charge in [-0.2, -0.15) is 0 Å². The number of carbonyl (C=O) groups is 3. The van der Waals surface area contributed by atoms with E-state index in [-0.39, 0.29) is 13.0 Å². The summed E-state index contributed by atoms with van der Waals surface area (Å²) in [7, 11) is 0. The molecule has 0 fully saturated rings. The number of ether oxygens (including phenoxy) is 1. The Kier molecular flexibility index (Phi) is 8.66. The number of amides is 2. The van der Waals surface area contributed by atoms with Crippen molar-refractivity contribution in [3.05, 3.63) is 40.7 Å². The summed E-state index contributed by atoms with van der Waals surface area (Å²) in [4.78, 5) is 39.7. The molecule has 2 amide bonds. The molecule has 30 heavy (non-hydrogen) atoms. The third-order valence-corrected chi connectivity index (χ3v) is 5.66. The fraction of sp³-hybridized carbons (Fsp3) is 0.333. The fourth-order valence-electron chi connectivity index (χ4n) is 2.12. The number of hydrogen-bond acceptors (Lipinski definition) is 7. The van der Waals surface area contributed by atoms with Crippen LogP contribution in [0.2, 0.25) is 0 Å². The smallest absolute Gasteiger partial charge is 0.311 e. The highest BCUT2D eigenvalue weighted by Gasteiger charge is 2.19. The van der Waals surface area contributed by atoms with E-state index in [2.05, 4.69) is 15.6 Å². The number of aromatic nitrogens is 1.